The predicted octanol–water partition coefficient (Wildman–Crippen LogP) is 3.58. The minimum atomic E-state index is -0.361. The van der Waals surface area contributed by atoms with Gasteiger partial charge in [0.2, 0.25) is 11.8 Å². The Balaban J connectivity index is 1.58. The van der Waals surface area contributed by atoms with Crippen molar-refractivity contribution >= 4 is 50.8 Å². The predicted molar refractivity (Wildman–Crippen MR) is 110 cm³/mol. The zero-order chi connectivity index (χ0) is 19.4. The maximum atomic E-state index is 12.6. The number of amides is 2. The first-order chi connectivity index (χ1) is 12.9. The van der Waals surface area contributed by atoms with E-state index in [2.05, 4.69) is 15.3 Å². The zero-order valence-electron chi connectivity index (χ0n) is 15.3. The Kier molecular flexibility index (Phi) is 6.08. The SMILES string of the molecule is Cc1ccc(NC(=O)CN(C)C(=O)[C@H](C)Sc2ncnc3sccc23)cc1. The van der Waals surface area contributed by atoms with E-state index >= 15 is 0 Å². The Labute approximate surface area is 166 Å². The molecule has 0 aliphatic rings. The molecule has 0 unspecified atom stereocenters. The summed E-state index contributed by atoms with van der Waals surface area (Å²) in [6.07, 6.45) is 1.51. The standard InChI is InChI=1S/C19H20N4O2S2/c1-12-4-6-14(7-5-12)22-16(24)10-23(3)19(25)13(2)27-18-15-8-9-26-17(15)20-11-21-18/h4-9,11,13H,10H2,1-3H3,(H,22,24)/t13-/m0/s1. The van der Waals surface area contributed by atoms with Gasteiger partial charge in [-0.3, -0.25) is 9.59 Å². The fourth-order valence-corrected chi connectivity index (χ4v) is 4.33. The van der Waals surface area contributed by atoms with Crippen LogP contribution in [-0.2, 0) is 9.59 Å². The molecule has 8 heteroatoms. The summed E-state index contributed by atoms with van der Waals surface area (Å²) in [5.74, 6) is -0.352. The van der Waals surface area contributed by atoms with E-state index < -0.39 is 0 Å². The number of nitrogens with zero attached hydrogens (tertiary/aromatic N) is 3. The number of rotatable bonds is 6. The van der Waals surface area contributed by atoms with Gasteiger partial charge in [-0.25, -0.2) is 9.97 Å². The van der Waals surface area contributed by atoms with Crippen LogP contribution >= 0.6 is 23.1 Å². The first kappa shape index (κ1) is 19.3. The van der Waals surface area contributed by atoms with Crippen molar-refractivity contribution in [3.63, 3.8) is 0 Å². The molecule has 0 aliphatic heterocycles. The molecule has 0 spiro atoms. The van der Waals surface area contributed by atoms with Crippen LogP contribution in [0.3, 0.4) is 0 Å². The van der Waals surface area contributed by atoms with E-state index in [9.17, 15) is 9.59 Å². The number of thiophene rings is 1. The van der Waals surface area contributed by atoms with Gasteiger partial charge in [0, 0.05) is 18.1 Å². The highest BCUT2D eigenvalue weighted by molar-refractivity contribution is 8.00. The van der Waals surface area contributed by atoms with E-state index in [0.717, 1.165) is 26.5 Å². The van der Waals surface area contributed by atoms with Crippen LogP contribution in [0.1, 0.15) is 12.5 Å². The lowest BCUT2D eigenvalue weighted by Crippen LogP contribution is -2.38. The summed E-state index contributed by atoms with van der Waals surface area (Å²) in [4.78, 5) is 35.7. The first-order valence-corrected chi connectivity index (χ1v) is 10.2. The number of aromatic nitrogens is 2. The third-order valence-corrected chi connectivity index (χ3v) is 5.88. The lowest BCUT2D eigenvalue weighted by Gasteiger charge is -2.20. The molecule has 0 radical (unpaired) electrons. The highest BCUT2D eigenvalue weighted by Gasteiger charge is 2.22. The molecule has 27 heavy (non-hydrogen) atoms. The Morgan fingerprint density at radius 2 is 1.96 bits per heavy atom. The molecule has 2 aromatic heterocycles. The van der Waals surface area contributed by atoms with Gasteiger partial charge in [0.1, 0.15) is 16.2 Å². The van der Waals surface area contributed by atoms with Gasteiger partial charge in [0.05, 0.1) is 11.8 Å². The minimum Gasteiger partial charge on any atom is -0.335 e. The summed E-state index contributed by atoms with van der Waals surface area (Å²) in [7, 11) is 1.63. The number of aryl methyl sites for hydroxylation is 1. The molecule has 1 aromatic carbocycles. The van der Waals surface area contributed by atoms with Gasteiger partial charge in [-0.05, 0) is 37.4 Å². The lowest BCUT2D eigenvalue weighted by atomic mass is 10.2. The van der Waals surface area contributed by atoms with Crippen molar-refractivity contribution in [2.24, 2.45) is 0 Å². The molecule has 0 saturated carbocycles. The fourth-order valence-electron chi connectivity index (χ4n) is 2.52. The second kappa shape index (κ2) is 8.49. The summed E-state index contributed by atoms with van der Waals surface area (Å²) in [5.41, 5.74) is 1.84. The molecule has 0 fully saturated rings. The Hall–Kier alpha value is -2.45. The largest absolute Gasteiger partial charge is 0.335 e. The normalized spacial score (nSPS) is 12.0. The van der Waals surface area contributed by atoms with Crippen molar-refractivity contribution in [3.8, 4) is 0 Å². The van der Waals surface area contributed by atoms with Crippen LogP contribution in [0, 0.1) is 6.92 Å². The number of nitrogens with one attached hydrogen (secondary N) is 1. The summed E-state index contributed by atoms with van der Waals surface area (Å²) in [6, 6.07) is 9.49. The molecule has 1 N–H and O–H groups in total. The van der Waals surface area contributed by atoms with Crippen molar-refractivity contribution in [1.29, 1.82) is 0 Å². The lowest BCUT2D eigenvalue weighted by molar-refractivity contribution is -0.132. The molecule has 2 amide bonds. The van der Waals surface area contributed by atoms with E-state index in [0.29, 0.717) is 0 Å². The van der Waals surface area contributed by atoms with E-state index in [4.69, 9.17) is 0 Å². The second-order valence-corrected chi connectivity index (χ2v) is 8.41. The molecule has 3 aromatic rings. The van der Waals surface area contributed by atoms with Crippen molar-refractivity contribution in [1.82, 2.24) is 14.9 Å². The van der Waals surface area contributed by atoms with Crippen LogP contribution in [0.4, 0.5) is 5.69 Å². The quantitative estimate of drug-likeness (QED) is 0.506. The molecule has 1 atom stereocenters. The minimum absolute atomic E-state index is 0.00472. The molecule has 2 heterocycles. The zero-order valence-corrected chi connectivity index (χ0v) is 16.9. The number of likely N-dealkylation sites (N-methyl/N-ethyl adjacent to an activating group) is 1. The number of hydrogen-bond donors (Lipinski definition) is 1. The van der Waals surface area contributed by atoms with Gasteiger partial charge >= 0.3 is 0 Å². The topological polar surface area (TPSA) is 75.2 Å². The van der Waals surface area contributed by atoms with Gasteiger partial charge in [-0.1, -0.05) is 29.5 Å². The average molecular weight is 401 g/mol. The highest BCUT2D eigenvalue weighted by atomic mass is 32.2. The summed E-state index contributed by atoms with van der Waals surface area (Å²) in [6.45, 7) is 3.80. The van der Waals surface area contributed by atoms with Crippen LogP contribution in [0.2, 0.25) is 0 Å². The molecule has 3 rings (SSSR count). The Morgan fingerprint density at radius 1 is 1.22 bits per heavy atom. The number of hydrogen-bond acceptors (Lipinski definition) is 6. The van der Waals surface area contributed by atoms with Gasteiger partial charge in [-0.15, -0.1) is 11.3 Å². The fraction of sp³-hybridized carbons (Fsp3) is 0.263. The highest BCUT2D eigenvalue weighted by Crippen LogP contribution is 2.30. The number of anilines is 1. The van der Waals surface area contributed by atoms with Crippen molar-refractivity contribution in [3.05, 3.63) is 47.6 Å². The molecule has 0 aliphatic carbocycles. The molecule has 0 bridgehead atoms. The summed E-state index contributed by atoms with van der Waals surface area (Å²) < 4.78 is 0. The molecular weight excluding hydrogens is 380 g/mol. The number of benzene rings is 1. The molecule has 0 saturated heterocycles. The van der Waals surface area contributed by atoms with Gasteiger partial charge in [-0.2, -0.15) is 0 Å². The molecule has 6 nitrogen and oxygen atoms in total. The van der Waals surface area contributed by atoms with Crippen molar-refractivity contribution < 1.29 is 9.59 Å². The van der Waals surface area contributed by atoms with E-state index in [-0.39, 0.29) is 23.6 Å². The monoisotopic (exact) mass is 400 g/mol. The van der Waals surface area contributed by atoms with Crippen molar-refractivity contribution in [2.45, 2.75) is 24.1 Å². The van der Waals surface area contributed by atoms with E-state index in [1.165, 1.54) is 23.0 Å². The van der Waals surface area contributed by atoms with Crippen LogP contribution in [0.5, 0.6) is 0 Å². The number of carbonyl (C=O) groups is 2. The van der Waals surface area contributed by atoms with Crippen LogP contribution < -0.4 is 5.32 Å². The third-order valence-electron chi connectivity index (χ3n) is 3.95. The first-order valence-electron chi connectivity index (χ1n) is 8.40. The molecular formula is C19H20N4O2S2. The Morgan fingerprint density at radius 3 is 2.70 bits per heavy atom. The average Bonchev–Trinajstić information content (AvgIpc) is 3.12. The maximum Gasteiger partial charge on any atom is 0.243 e. The number of carbonyl (C=O) groups excluding carboxylic acids is 2. The van der Waals surface area contributed by atoms with Gasteiger partial charge < -0.3 is 10.2 Å². The summed E-state index contributed by atoms with van der Waals surface area (Å²) in [5, 5.41) is 6.13. The van der Waals surface area contributed by atoms with Crippen LogP contribution in [0.25, 0.3) is 10.2 Å². The maximum absolute atomic E-state index is 12.6. The Bertz CT molecular complexity index is 956. The van der Waals surface area contributed by atoms with Gasteiger partial charge in [0.25, 0.3) is 0 Å². The third kappa shape index (κ3) is 4.84. The summed E-state index contributed by atoms with van der Waals surface area (Å²) >= 11 is 2.92. The number of fused-ring (bicyclic) bond motifs is 1. The van der Waals surface area contributed by atoms with Crippen LogP contribution in [0.15, 0.2) is 47.1 Å². The van der Waals surface area contributed by atoms with Crippen molar-refractivity contribution in [2.75, 3.05) is 18.9 Å². The van der Waals surface area contributed by atoms with E-state index in [1.54, 1.807) is 18.4 Å². The molecule has 140 valence electrons. The second-order valence-electron chi connectivity index (χ2n) is 6.19. The smallest absolute Gasteiger partial charge is 0.243 e. The van der Waals surface area contributed by atoms with Gasteiger partial charge in [0.15, 0.2) is 0 Å². The van der Waals surface area contributed by atoms with Crippen LogP contribution in [-0.4, -0.2) is 45.5 Å². The number of thioether (sulfide) groups is 1. The van der Waals surface area contributed by atoms with E-state index in [1.807, 2.05) is 49.6 Å².